The first-order valence-electron chi connectivity index (χ1n) is 5.72. The Morgan fingerprint density at radius 3 is 2.00 bits per heavy atom. The first-order valence-corrected chi connectivity index (χ1v) is 5.72. The molecule has 0 atom stereocenters. The van der Waals surface area contributed by atoms with Gasteiger partial charge in [-0.3, -0.25) is 0 Å². The Balaban J connectivity index is 0. The molecule has 1 N–H and O–H groups in total. The minimum atomic E-state index is 0.714. The average Bonchev–Trinajstić information content (AvgIpc) is 2.25. The van der Waals surface area contributed by atoms with Crippen LogP contribution in [0.2, 0.25) is 0 Å². The van der Waals surface area contributed by atoms with Gasteiger partial charge in [0.15, 0.2) is 0 Å². The van der Waals surface area contributed by atoms with Crippen molar-refractivity contribution in [1.82, 2.24) is 5.32 Å². The molecule has 3 heteroatoms. The van der Waals surface area contributed by atoms with E-state index in [2.05, 4.69) is 12.2 Å². The summed E-state index contributed by atoms with van der Waals surface area (Å²) in [5.74, 6) is 0. The number of nitrogens with one attached hydrogen (secondary N) is 1. The normalized spacial score (nSPS) is 9.43. The van der Waals surface area contributed by atoms with Crippen LogP contribution in [-0.4, -0.2) is 40.0 Å². The Morgan fingerprint density at radius 1 is 0.929 bits per heavy atom. The van der Waals surface area contributed by atoms with E-state index in [9.17, 15) is 0 Å². The smallest absolute Gasteiger partial charge is 0.0701 e. The molecule has 0 saturated heterocycles. The van der Waals surface area contributed by atoms with E-state index >= 15 is 0 Å². The maximum absolute atomic E-state index is 5.31. The maximum Gasteiger partial charge on any atom is 0.0701 e. The van der Waals surface area contributed by atoms with Gasteiger partial charge in [-0.1, -0.05) is 27.2 Å². The van der Waals surface area contributed by atoms with Crippen LogP contribution in [0.25, 0.3) is 0 Å². The summed E-state index contributed by atoms with van der Waals surface area (Å²) >= 11 is 0. The second-order valence-corrected chi connectivity index (χ2v) is 2.68. The third kappa shape index (κ3) is 17.8. The molecule has 0 heterocycles. The molecule has 3 nitrogen and oxygen atoms in total. The van der Waals surface area contributed by atoms with Crippen LogP contribution < -0.4 is 5.32 Å². The molecule has 0 saturated carbocycles. The molecule has 0 spiro atoms. The van der Waals surface area contributed by atoms with Gasteiger partial charge in [0.1, 0.15) is 0 Å². The summed E-state index contributed by atoms with van der Waals surface area (Å²) in [7, 11) is 1.92. The lowest BCUT2D eigenvalue weighted by Gasteiger charge is -2.04. The van der Waals surface area contributed by atoms with Gasteiger partial charge in [0.25, 0.3) is 0 Å². The molecular formula is C11H27NO2. The van der Waals surface area contributed by atoms with E-state index in [1.54, 1.807) is 0 Å². The van der Waals surface area contributed by atoms with Crippen molar-refractivity contribution in [2.24, 2.45) is 0 Å². The molecule has 0 aliphatic heterocycles. The van der Waals surface area contributed by atoms with Gasteiger partial charge in [-0.15, -0.1) is 0 Å². The molecule has 88 valence electrons. The highest BCUT2D eigenvalue weighted by molar-refractivity contribution is 4.37. The molecule has 0 aromatic carbocycles. The van der Waals surface area contributed by atoms with Crippen molar-refractivity contribution in [3.63, 3.8) is 0 Å². The number of hydrogen-bond donors (Lipinski definition) is 1. The summed E-state index contributed by atoms with van der Waals surface area (Å²) in [5, 5.41) is 3.01. The second kappa shape index (κ2) is 18.6. The summed E-state index contributed by atoms with van der Waals surface area (Å²) in [5.41, 5.74) is 0. The first kappa shape index (κ1) is 16.3. The van der Waals surface area contributed by atoms with E-state index in [1.807, 2.05) is 20.9 Å². The zero-order chi connectivity index (χ0) is 11.1. The molecule has 0 radical (unpaired) electrons. The van der Waals surface area contributed by atoms with Gasteiger partial charge in [-0.25, -0.2) is 0 Å². The molecule has 0 aromatic rings. The van der Waals surface area contributed by atoms with Crippen LogP contribution in [0.1, 0.15) is 33.6 Å². The number of ether oxygens (including phenoxy) is 2. The van der Waals surface area contributed by atoms with E-state index in [4.69, 9.17) is 9.47 Å². The van der Waals surface area contributed by atoms with Crippen molar-refractivity contribution >= 4 is 0 Å². The minimum Gasteiger partial charge on any atom is -0.379 e. The van der Waals surface area contributed by atoms with Gasteiger partial charge < -0.3 is 14.8 Å². The summed E-state index contributed by atoms with van der Waals surface area (Å²) in [6.07, 6.45) is 2.34. The van der Waals surface area contributed by atoms with E-state index in [1.165, 1.54) is 6.42 Å². The van der Waals surface area contributed by atoms with E-state index in [0.29, 0.717) is 6.61 Å². The van der Waals surface area contributed by atoms with Gasteiger partial charge >= 0.3 is 0 Å². The van der Waals surface area contributed by atoms with Crippen LogP contribution >= 0.6 is 0 Å². The third-order valence-corrected chi connectivity index (χ3v) is 1.51. The lowest BCUT2D eigenvalue weighted by Crippen LogP contribution is -2.16. The molecule has 0 rings (SSSR count). The fourth-order valence-corrected chi connectivity index (χ4v) is 0.743. The van der Waals surface area contributed by atoms with E-state index < -0.39 is 0 Å². The number of hydrogen-bond acceptors (Lipinski definition) is 3. The van der Waals surface area contributed by atoms with Crippen molar-refractivity contribution in [1.29, 1.82) is 0 Å². The Kier molecular flexibility index (Phi) is 21.7. The largest absolute Gasteiger partial charge is 0.379 e. The predicted molar refractivity (Wildman–Crippen MR) is 61.8 cm³/mol. The van der Waals surface area contributed by atoms with Crippen LogP contribution in [0.4, 0.5) is 0 Å². The number of rotatable bonds is 9. The van der Waals surface area contributed by atoms with E-state index in [0.717, 1.165) is 32.8 Å². The van der Waals surface area contributed by atoms with Crippen molar-refractivity contribution in [3.8, 4) is 0 Å². The van der Waals surface area contributed by atoms with Gasteiger partial charge in [-0.2, -0.15) is 0 Å². The molecule has 14 heavy (non-hydrogen) atoms. The SMILES string of the molecule is CC.CCCCOCCOCCNC. The standard InChI is InChI=1S/C9H21NO2.C2H6/c1-3-4-6-11-8-9-12-7-5-10-2;1-2/h10H,3-9H2,1-2H3;1-2H3. The van der Waals surface area contributed by atoms with Gasteiger partial charge in [-0.05, 0) is 13.5 Å². The fraction of sp³-hybridized carbons (Fsp3) is 1.00. The molecule has 0 amide bonds. The van der Waals surface area contributed by atoms with E-state index in [-0.39, 0.29) is 0 Å². The van der Waals surface area contributed by atoms with Crippen LogP contribution in [0.5, 0.6) is 0 Å². The molecule has 0 aromatic heterocycles. The van der Waals surface area contributed by atoms with Crippen LogP contribution in [-0.2, 0) is 9.47 Å². The summed E-state index contributed by atoms with van der Waals surface area (Å²) < 4.78 is 10.6. The number of likely N-dealkylation sites (N-methyl/N-ethyl adjacent to an activating group) is 1. The minimum absolute atomic E-state index is 0.714. The Hall–Kier alpha value is -0.120. The molecule has 0 fully saturated rings. The molecule has 0 bridgehead atoms. The Bertz CT molecular complexity index is 69.7. The molecule has 0 unspecified atom stereocenters. The Morgan fingerprint density at radius 2 is 1.50 bits per heavy atom. The molecule has 0 aliphatic rings. The monoisotopic (exact) mass is 205 g/mol. The maximum atomic E-state index is 5.31. The predicted octanol–water partition coefficient (Wildman–Crippen LogP) is 2.07. The molecule has 0 aliphatic carbocycles. The lowest BCUT2D eigenvalue weighted by molar-refractivity contribution is 0.0482. The summed E-state index contributed by atoms with van der Waals surface area (Å²) in [6.45, 7) is 10.1. The van der Waals surface area contributed by atoms with Crippen molar-refractivity contribution in [2.45, 2.75) is 33.6 Å². The van der Waals surface area contributed by atoms with Crippen LogP contribution in [0.15, 0.2) is 0 Å². The molecular weight excluding hydrogens is 178 g/mol. The van der Waals surface area contributed by atoms with Crippen molar-refractivity contribution < 1.29 is 9.47 Å². The topological polar surface area (TPSA) is 30.5 Å². The van der Waals surface area contributed by atoms with Crippen molar-refractivity contribution in [2.75, 3.05) is 40.0 Å². The van der Waals surface area contributed by atoms with Gasteiger partial charge in [0, 0.05) is 13.2 Å². The zero-order valence-corrected chi connectivity index (χ0v) is 10.3. The van der Waals surface area contributed by atoms with Crippen molar-refractivity contribution in [3.05, 3.63) is 0 Å². The number of unbranched alkanes of at least 4 members (excludes halogenated alkanes) is 1. The zero-order valence-electron chi connectivity index (χ0n) is 10.3. The summed E-state index contributed by atoms with van der Waals surface area (Å²) in [6, 6.07) is 0. The Labute approximate surface area is 89.2 Å². The highest BCUT2D eigenvalue weighted by atomic mass is 16.5. The fourth-order valence-electron chi connectivity index (χ4n) is 0.743. The van der Waals surface area contributed by atoms with Crippen LogP contribution in [0, 0.1) is 0 Å². The highest BCUT2D eigenvalue weighted by Crippen LogP contribution is 1.87. The second-order valence-electron chi connectivity index (χ2n) is 2.68. The average molecular weight is 205 g/mol. The van der Waals surface area contributed by atoms with Gasteiger partial charge in [0.2, 0.25) is 0 Å². The first-order chi connectivity index (χ1) is 6.91. The van der Waals surface area contributed by atoms with Gasteiger partial charge in [0.05, 0.1) is 19.8 Å². The summed E-state index contributed by atoms with van der Waals surface area (Å²) in [4.78, 5) is 0. The lowest BCUT2D eigenvalue weighted by atomic mass is 10.4. The highest BCUT2D eigenvalue weighted by Gasteiger charge is 1.88. The quantitative estimate of drug-likeness (QED) is 0.585. The van der Waals surface area contributed by atoms with Crippen LogP contribution in [0.3, 0.4) is 0 Å². The third-order valence-electron chi connectivity index (χ3n) is 1.51.